The van der Waals surface area contributed by atoms with Gasteiger partial charge in [-0.15, -0.1) is 0 Å². The van der Waals surface area contributed by atoms with Crippen molar-refractivity contribution in [1.29, 1.82) is 0 Å². The number of carbonyl (C=O) groups excluding carboxylic acids is 1. The molecule has 2 unspecified atom stereocenters. The average Bonchev–Trinajstić information content (AvgIpc) is 2.72. The quantitative estimate of drug-likeness (QED) is 0.605. The number of hydrogen-bond acceptors (Lipinski definition) is 4. The topological polar surface area (TPSA) is 75.8 Å². The van der Waals surface area contributed by atoms with Gasteiger partial charge in [0.2, 0.25) is 5.91 Å². The first-order valence-corrected chi connectivity index (χ1v) is 8.26. The van der Waals surface area contributed by atoms with Gasteiger partial charge in [-0.1, -0.05) is 37.9 Å². The van der Waals surface area contributed by atoms with Crippen molar-refractivity contribution in [3.05, 3.63) is 0 Å². The van der Waals surface area contributed by atoms with E-state index in [9.17, 15) is 9.90 Å². The second kappa shape index (κ2) is 7.03. The van der Waals surface area contributed by atoms with Gasteiger partial charge >= 0.3 is 0 Å². The van der Waals surface area contributed by atoms with Crippen LogP contribution in [0.5, 0.6) is 0 Å². The number of aliphatic hydroxyl groups is 1. The third-order valence-corrected chi connectivity index (χ3v) is 5.05. The molecular weight excluding hydrogens is 288 g/mol. The maximum atomic E-state index is 13.1. The zero-order valence-electron chi connectivity index (χ0n) is 12.7. The molecule has 0 bridgehead atoms. The molecule has 1 heterocycles. The predicted octanol–water partition coefficient (Wildman–Crippen LogP) is 1.22. The molecule has 5 nitrogen and oxygen atoms in total. The van der Waals surface area contributed by atoms with Gasteiger partial charge in [-0.3, -0.25) is 4.79 Å². The van der Waals surface area contributed by atoms with E-state index >= 15 is 0 Å². The molecule has 1 saturated carbocycles. The third-order valence-electron chi connectivity index (χ3n) is 4.66. The van der Waals surface area contributed by atoms with Crippen molar-refractivity contribution in [3.63, 3.8) is 0 Å². The van der Waals surface area contributed by atoms with Crippen LogP contribution < -0.4 is 5.73 Å². The number of amides is 1. The Bertz CT molecular complexity index is 394. The number of nitrogens with zero attached hydrogens (tertiary/aromatic N) is 1. The van der Waals surface area contributed by atoms with Gasteiger partial charge in [-0.2, -0.15) is 0 Å². The predicted molar refractivity (Wildman–Crippen MR) is 84.9 cm³/mol. The van der Waals surface area contributed by atoms with Crippen LogP contribution in [0.1, 0.15) is 45.4 Å². The second-order valence-electron chi connectivity index (χ2n) is 6.32. The van der Waals surface area contributed by atoms with Crippen LogP contribution in [0.25, 0.3) is 0 Å². The van der Waals surface area contributed by atoms with Crippen molar-refractivity contribution >= 4 is 23.1 Å². The first-order valence-electron chi connectivity index (χ1n) is 7.85. The number of morpholine rings is 1. The lowest BCUT2D eigenvalue weighted by Gasteiger charge is -2.41. The molecule has 1 aliphatic carbocycles. The Kier molecular flexibility index (Phi) is 5.57. The van der Waals surface area contributed by atoms with Crippen molar-refractivity contribution in [3.8, 4) is 0 Å². The normalized spacial score (nSPS) is 29.7. The highest BCUT2D eigenvalue weighted by atomic mass is 32.1. The smallest absolute Gasteiger partial charge is 0.235 e. The van der Waals surface area contributed by atoms with Crippen molar-refractivity contribution in [2.75, 3.05) is 19.7 Å². The van der Waals surface area contributed by atoms with Crippen LogP contribution in [-0.2, 0) is 9.53 Å². The molecule has 21 heavy (non-hydrogen) atoms. The van der Waals surface area contributed by atoms with Crippen LogP contribution in [0, 0.1) is 5.41 Å². The fourth-order valence-electron chi connectivity index (χ4n) is 3.51. The lowest BCUT2D eigenvalue weighted by atomic mass is 9.78. The van der Waals surface area contributed by atoms with Gasteiger partial charge in [0.25, 0.3) is 0 Å². The van der Waals surface area contributed by atoms with Gasteiger partial charge in [0.15, 0.2) is 0 Å². The zero-order chi connectivity index (χ0) is 15.5. The van der Waals surface area contributed by atoms with E-state index in [-0.39, 0.29) is 24.7 Å². The molecule has 1 saturated heterocycles. The maximum Gasteiger partial charge on any atom is 0.235 e. The summed E-state index contributed by atoms with van der Waals surface area (Å²) in [6.45, 7) is 2.81. The highest BCUT2D eigenvalue weighted by Crippen LogP contribution is 2.38. The molecule has 0 radical (unpaired) electrons. The summed E-state index contributed by atoms with van der Waals surface area (Å²) in [5, 5.41) is 9.32. The highest BCUT2D eigenvalue weighted by Gasteiger charge is 2.45. The second-order valence-corrected chi connectivity index (χ2v) is 6.76. The third kappa shape index (κ3) is 3.55. The number of thiocarbonyl (C=S) groups is 1. The molecule has 2 rings (SSSR count). The van der Waals surface area contributed by atoms with E-state index in [4.69, 9.17) is 22.7 Å². The van der Waals surface area contributed by atoms with Crippen molar-refractivity contribution in [2.45, 2.75) is 57.7 Å². The first-order chi connectivity index (χ1) is 9.99. The lowest BCUT2D eigenvalue weighted by Crippen LogP contribution is -2.57. The van der Waals surface area contributed by atoms with Gasteiger partial charge in [-0.25, -0.2) is 0 Å². The fraction of sp³-hybridized carbons (Fsp3) is 0.867. The molecule has 0 aromatic carbocycles. The van der Waals surface area contributed by atoms with E-state index < -0.39 is 5.41 Å². The summed E-state index contributed by atoms with van der Waals surface area (Å²) in [7, 11) is 0. The zero-order valence-corrected chi connectivity index (χ0v) is 13.5. The van der Waals surface area contributed by atoms with E-state index in [0.29, 0.717) is 18.1 Å². The molecule has 1 aliphatic heterocycles. The summed E-state index contributed by atoms with van der Waals surface area (Å²) in [5.41, 5.74) is 5.29. The van der Waals surface area contributed by atoms with Gasteiger partial charge in [0, 0.05) is 13.1 Å². The van der Waals surface area contributed by atoms with Crippen molar-refractivity contribution in [1.82, 2.24) is 4.90 Å². The standard InChI is InChI=1S/C15H26N2O3S/c1-11-8-17(9-12(10-18)20-11)14(19)15(13(16)21)6-4-2-3-5-7-15/h11-12,18H,2-10H2,1H3,(H2,16,21). The molecular formula is C15H26N2O3S. The Hall–Kier alpha value is -0.720. The number of carbonyl (C=O) groups is 1. The van der Waals surface area contributed by atoms with Crippen molar-refractivity contribution in [2.24, 2.45) is 11.1 Å². The summed E-state index contributed by atoms with van der Waals surface area (Å²) in [6, 6.07) is 0. The van der Waals surface area contributed by atoms with Crippen LogP contribution in [0.4, 0.5) is 0 Å². The average molecular weight is 314 g/mol. The number of nitrogens with two attached hydrogens (primary N) is 1. The van der Waals surface area contributed by atoms with Gasteiger partial charge in [0.05, 0.1) is 29.2 Å². The summed E-state index contributed by atoms with van der Waals surface area (Å²) in [4.78, 5) is 15.2. The fourth-order valence-corrected chi connectivity index (χ4v) is 3.80. The number of hydrogen-bond donors (Lipinski definition) is 2. The molecule has 120 valence electrons. The van der Waals surface area contributed by atoms with Crippen LogP contribution in [0.15, 0.2) is 0 Å². The monoisotopic (exact) mass is 314 g/mol. The largest absolute Gasteiger partial charge is 0.394 e. The Morgan fingerprint density at radius 1 is 1.33 bits per heavy atom. The Morgan fingerprint density at radius 3 is 2.48 bits per heavy atom. The maximum absolute atomic E-state index is 13.1. The highest BCUT2D eigenvalue weighted by molar-refractivity contribution is 7.80. The summed E-state index contributed by atoms with van der Waals surface area (Å²) in [6.07, 6.45) is 5.36. The van der Waals surface area contributed by atoms with Crippen LogP contribution in [0.2, 0.25) is 0 Å². The molecule has 6 heteroatoms. The number of aliphatic hydroxyl groups excluding tert-OH is 1. The Balaban J connectivity index is 2.19. The van der Waals surface area contributed by atoms with Crippen molar-refractivity contribution < 1.29 is 14.6 Å². The molecule has 2 atom stereocenters. The van der Waals surface area contributed by atoms with E-state index in [2.05, 4.69) is 0 Å². The minimum absolute atomic E-state index is 0.0329. The summed E-state index contributed by atoms with van der Waals surface area (Å²) >= 11 is 5.27. The minimum atomic E-state index is -0.692. The summed E-state index contributed by atoms with van der Waals surface area (Å²) < 4.78 is 5.61. The molecule has 0 aromatic rings. The summed E-state index contributed by atoms with van der Waals surface area (Å²) in [5.74, 6) is 0.0329. The molecule has 0 aromatic heterocycles. The van der Waals surface area contributed by atoms with Crippen LogP contribution in [-0.4, -0.2) is 52.8 Å². The number of ether oxygens (including phenoxy) is 1. The van der Waals surface area contributed by atoms with Gasteiger partial charge in [0.1, 0.15) is 0 Å². The lowest BCUT2D eigenvalue weighted by molar-refractivity contribution is -0.154. The molecule has 1 amide bonds. The molecule has 2 fully saturated rings. The van der Waals surface area contributed by atoms with Gasteiger partial charge < -0.3 is 20.5 Å². The van der Waals surface area contributed by atoms with Gasteiger partial charge in [-0.05, 0) is 19.8 Å². The molecule has 3 N–H and O–H groups in total. The van der Waals surface area contributed by atoms with E-state index in [1.54, 1.807) is 4.90 Å². The first kappa shape index (κ1) is 16.6. The Labute approximate surface area is 131 Å². The SMILES string of the molecule is CC1CN(C(=O)C2(C(N)=S)CCCCCC2)CC(CO)O1. The number of rotatable bonds is 3. The Morgan fingerprint density at radius 2 is 1.95 bits per heavy atom. The molecule has 2 aliphatic rings. The van der Waals surface area contributed by atoms with E-state index in [1.807, 2.05) is 6.92 Å². The minimum Gasteiger partial charge on any atom is -0.394 e. The van der Waals surface area contributed by atoms with Crippen LogP contribution in [0.3, 0.4) is 0 Å². The van der Waals surface area contributed by atoms with Crippen LogP contribution >= 0.6 is 12.2 Å². The van der Waals surface area contributed by atoms with E-state index in [0.717, 1.165) is 38.5 Å². The van der Waals surface area contributed by atoms with E-state index in [1.165, 1.54) is 0 Å². The molecule has 0 spiro atoms.